The third-order valence-corrected chi connectivity index (χ3v) is 3.21. The van der Waals surface area contributed by atoms with Crippen LogP contribution in [0.25, 0.3) is 0 Å². The molecule has 0 aliphatic rings. The fourth-order valence-corrected chi connectivity index (χ4v) is 2.10. The fraction of sp³-hybridized carbons (Fsp3) is 0.455. The second-order valence-corrected chi connectivity index (χ2v) is 4.38. The molecule has 0 amide bonds. The van der Waals surface area contributed by atoms with E-state index in [1.165, 1.54) is 17.8 Å². The van der Waals surface area contributed by atoms with Crippen molar-refractivity contribution in [1.29, 1.82) is 0 Å². The van der Waals surface area contributed by atoms with Gasteiger partial charge in [-0.3, -0.25) is 0 Å². The molecule has 0 heterocycles. The Morgan fingerprint density at radius 2 is 1.93 bits per heavy atom. The lowest BCUT2D eigenvalue weighted by molar-refractivity contribution is 0.193. The van der Waals surface area contributed by atoms with E-state index < -0.39 is 17.7 Å². The molecule has 4 heteroatoms. The number of hydrogen-bond acceptors (Lipinski definition) is 2. The summed E-state index contributed by atoms with van der Waals surface area (Å²) >= 11 is 1.49. The normalized spacial score (nSPS) is 12.8. The maximum Gasteiger partial charge on any atom is 0.131 e. The minimum atomic E-state index is -1.07. The second kappa shape index (κ2) is 6.08. The molecule has 0 fully saturated rings. The molecule has 0 saturated carbocycles. The highest BCUT2D eigenvalue weighted by molar-refractivity contribution is 7.99. The molecule has 1 unspecified atom stereocenters. The average Bonchev–Trinajstić information content (AvgIpc) is 2.18. The first-order chi connectivity index (χ1) is 7.16. The summed E-state index contributed by atoms with van der Waals surface area (Å²) in [5, 5.41) is 9.61. The Morgan fingerprint density at radius 1 is 1.33 bits per heavy atom. The van der Waals surface area contributed by atoms with Gasteiger partial charge in [0.25, 0.3) is 0 Å². The molecule has 0 spiro atoms. The lowest BCUT2D eigenvalue weighted by Gasteiger charge is -2.12. The van der Waals surface area contributed by atoms with E-state index in [0.717, 1.165) is 24.3 Å². The summed E-state index contributed by atoms with van der Waals surface area (Å²) in [5.41, 5.74) is -0.221. The van der Waals surface area contributed by atoms with Crippen molar-refractivity contribution in [2.45, 2.75) is 19.4 Å². The van der Waals surface area contributed by atoms with Gasteiger partial charge in [0, 0.05) is 5.75 Å². The molecule has 1 aromatic rings. The molecule has 1 atom stereocenters. The third-order valence-electron chi connectivity index (χ3n) is 1.96. The van der Waals surface area contributed by atoms with Crippen LogP contribution in [-0.2, 0) is 0 Å². The van der Waals surface area contributed by atoms with Gasteiger partial charge in [-0.15, -0.1) is 0 Å². The number of benzene rings is 1. The number of thioether (sulfide) groups is 1. The van der Waals surface area contributed by atoms with Gasteiger partial charge in [-0.1, -0.05) is 13.0 Å². The van der Waals surface area contributed by atoms with Gasteiger partial charge in [0.05, 0.1) is 11.7 Å². The van der Waals surface area contributed by atoms with Crippen molar-refractivity contribution in [2.75, 3.05) is 11.5 Å². The van der Waals surface area contributed by atoms with E-state index >= 15 is 0 Å². The van der Waals surface area contributed by atoms with Crippen LogP contribution in [0, 0.1) is 11.6 Å². The summed E-state index contributed by atoms with van der Waals surface area (Å²) in [5.74, 6) is -0.155. The maximum atomic E-state index is 13.2. The summed E-state index contributed by atoms with van der Waals surface area (Å²) in [4.78, 5) is 0. The van der Waals surface area contributed by atoms with Crippen LogP contribution < -0.4 is 0 Å². The zero-order valence-electron chi connectivity index (χ0n) is 8.54. The van der Waals surface area contributed by atoms with E-state index in [2.05, 4.69) is 0 Å². The predicted octanol–water partition coefficient (Wildman–Crippen LogP) is 3.14. The summed E-state index contributed by atoms with van der Waals surface area (Å²) in [6, 6.07) is 3.61. The second-order valence-electron chi connectivity index (χ2n) is 3.23. The third kappa shape index (κ3) is 3.47. The Balaban J connectivity index is 2.68. The Morgan fingerprint density at radius 3 is 2.47 bits per heavy atom. The number of hydrogen-bond donors (Lipinski definition) is 1. The average molecular weight is 232 g/mol. The Labute approximate surface area is 92.5 Å². The van der Waals surface area contributed by atoms with Gasteiger partial charge in [-0.25, -0.2) is 8.78 Å². The van der Waals surface area contributed by atoms with E-state index in [-0.39, 0.29) is 5.56 Å². The molecule has 0 bridgehead atoms. The molecule has 1 N–H and O–H groups in total. The molecule has 0 aliphatic heterocycles. The molecule has 0 aromatic heterocycles. The van der Waals surface area contributed by atoms with Crippen LogP contribution in [0.5, 0.6) is 0 Å². The lowest BCUT2D eigenvalue weighted by atomic mass is 10.1. The van der Waals surface area contributed by atoms with Crippen molar-refractivity contribution in [1.82, 2.24) is 0 Å². The zero-order chi connectivity index (χ0) is 11.3. The van der Waals surface area contributed by atoms with Crippen LogP contribution in [-0.4, -0.2) is 16.6 Å². The lowest BCUT2D eigenvalue weighted by Crippen LogP contribution is -2.06. The molecule has 0 radical (unpaired) electrons. The number of halogens is 2. The van der Waals surface area contributed by atoms with Gasteiger partial charge in [-0.2, -0.15) is 11.8 Å². The molecule has 1 rings (SSSR count). The Bertz CT molecular complexity index is 297. The van der Waals surface area contributed by atoms with Crippen LogP contribution in [0.2, 0.25) is 0 Å². The maximum absolute atomic E-state index is 13.2. The minimum Gasteiger partial charge on any atom is -0.387 e. The monoisotopic (exact) mass is 232 g/mol. The van der Waals surface area contributed by atoms with E-state index in [0.29, 0.717) is 5.75 Å². The van der Waals surface area contributed by atoms with E-state index in [1.54, 1.807) is 0 Å². The molecule has 84 valence electrons. The van der Waals surface area contributed by atoms with Crippen LogP contribution >= 0.6 is 11.8 Å². The minimum absolute atomic E-state index is 0.221. The van der Waals surface area contributed by atoms with Crippen molar-refractivity contribution in [3.63, 3.8) is 0 Å². The summed E-state index contributed by atoms with van der Waals surface area (Å²) in [6.45, 7) is 2.02. The first-order valence-electron chi connectivity index (χ1n) is 4.86. The molecule has 0 saturated heterocycles. The quantitative estimate of drug-likeness (QED) is 0.787. The number of aliphatic hydroxyl groups excluding tert-OH is 1. The van der Waals surface area contributed by atoms with Crippen molar-refractivity contribution in [3.05, 3.63) is 35.4 Å². The largest absolute Gasteiger partial charge is 0.387 e. The van der Waals surface area contributed by atoms with Gasteiger partial charge >= 0.3 is 0 Å². The van der Waals surface area contributed by atoms with Crippen LogP contribution in [0.3, 0.4) is 0 Å². The molecular weight excluding hydrogens is 218 g/mol. The van der Waals surface area contributed by atoms with Crippen LogP contribution in [0.4, 0.5) is 8.78 Å². The molecule has 15 heavy (non-hydrogen) atoms. The predicted molar refractivity (Wildman–Crippen MR) is 58.9 cm³/mol. The smallest absolute Gasteiger partial charge is 0.131 e. The fourth-order valence-electron chi connectivity index (χ4n) is 1.25. The van der Waals surface area contributed by atoms with Crippen LogP contribution in [0.1, 0.15) is 25.0 Å². The molecule has 1 aromatic carbocycles. The Hall–Kier alpha value is -0.610. The summed E-state index contributed by atoms with van der Waals surface area (Å²) < 4.78 is 26.4. The van der Waals surface area contributed by atoms with Crippen molar-refractivity contribution < 1.29 is 13.9 Å². The Kier molecular flexibility index (Phi) is 5.05. The highest BCUT2D eigenvalue weighted by Crippen LogP contribution is 2.23. The van der Waals surface area contributed by atoms with E-state index in [1.807, 2.05) is 6.92 Å². The number of rotatable bonds is 5. The topological polar surface area (TPSA) is 20.2 Å². The highest BCUT2D eigenvalue weighted by Gasteiger charge is 2.17. The highest BCUT2D eigenvalue weighted by atomic mass is 32.2. The molecular formula is C11H14F2OS. The number of aliphatic hydroxyl groups is 1. The summed E-state index contributed by atoms with van der Waals surface area (Å²) in [7, 11) is 0. The molecule has 0 aliphatic carbocycles. The van der Waals surface area contributed by atoms with E-state index in [4.69, 9.17) is 0 Å². The van der Waals surface area contributed by atoms with Gasteiger partial charge in [0.2, 0.25) is 0 Å². The SMILES string of the molecule is CCCSCC(O)c1c(F)cccc1F. The van der Waals surface area contributed by atoms with Gasteiger partial charge in [0.15, 0.2) is 0 Å². The van der Waals surface area contributed by atoms with Crippen LogP contribution in [0.15, 0.2) is 18.2 Å². The van der Waals surface area contributed by atoms with Gasteiger partial charge in [0.1, 0.15) is 11.6 Å². The molecule has 1 nitrogen and oxygen atoms in total. The van der Waals surface area contributed by atoms with Crippen molar-refractivity contribution in [2.24, 2.45) is 0 Å². The summed E-state index contributed by atoms with van der Waals surface area (Å²) in [6.07, 6.45) is -0.0836. The first-order valence-corrected chi connectivity index (χ1v) is 6.02. The van der Waals surface area contributed by atoms with Crippen molar-refractivity contribution >= 4 is 11.8 Å². The first kappa shape index (κ1) is 12.5. The zero-order valence-corrected chi connectivity index (χ0v) is 9.36. The van der Waals surface area contributed by atoms with E-state index in [9.17, 15) is 13.9 Å². The van der Waals surface area contributed by atoms with Gasteiger partial charge < -0.3 is 5.11 Å². The standard InChI is InChI=1S/C11H14F2OS/c1-2-6-15-7-10(14)11-8(12)4-3-5-9(11)13/h3-5,10,14H,2,6-7H2,1H3. The van der Waals surface area contributed by atoms with Gasteiger partial charge in [-0.05, 0) is 24.3 Å². The van der Waals surface area contributed by atoms with Crippen molar-refractivity contribution in [3.8, 4) is 0 Å².